The van der Waals surface area contributed by atoms with Crippen LogP contribution in [-0.4, -0.2) is 48.2 Å². The first-order valence-corrected chi connectivity index (χ1v) is 9.82. The minimum absolute atomic E-state index is 0.0248. The van der Waals surface area contributed by atoms with Gasteiger partial charge in [-0.2, -0.15) is 0 Å². The third-order valence-electron chi connectivity index (χ3n) is 6.19. The molecule has 2 fully saturated rings. The largest absolute Gasteiger partial charge is 0.497 e. The van der Waals surface area contributed by atoms with Crippen molar-refractivity contribution >= 4 is 16.8 Å². The molecule has 2 saturated heterocycles. The number of nitrogens with one attached hydrogen (secondary N) is 1. The van der Waals surface area contributed by atoms with Crippen molar-refractivity contribution < 1.29 is 9.53 Å². The minimum Gasteiger partial charge on any atom is -0.497 e. The van der Waals surface area contributed by atoms with Crippen molar-refractivity contribution in [3.05, 3.63) is 30.0 Å². The number of benzene rings is 1. The number of nitrogens with zero attached hydrogens (tertiary/aromatic N) is 2. The summed E-state index contributed by atoms with van der Waals surface area (Å²) in [5.41, 5.74) is 1.78. The number of fused-ring (bicyclic) bond motifs is 2. The van der Waals surface area contributed by atoms with E-state index >= 15 is 0 Å². The lowest BCUT2D eigenvalue weighted by molar-refractivity contribution is 0.0576. The van der Waals surface area contributed by atoms with Gasteiger partial charge < -0.3 is 19.5 Å². The number of rotatable bonds is 4. The van der Waals surface area contributed by atoms with Crippen molar-refractivity contribution in [3.63, 3.8) is 0 Å². The Kier molecular flexibility index (Phi) is 4.90. The molecule has 0 bridgehead atoms. The summed E-state index contributed by atoms with van der Waals surface area (Å²) >= 11 is 0. The molecular weight excluding hydrogens is 326 g/mol. The van der Waals surface area contributed by atoms with Crippen LogP contribution < -0.4 is 10.1 Å². The summed E-state index contributed by atoms with van der Waals surface area (Å²) in [7, 11) is 3.63. The van der Waals surface area contributed by atoms with Crippen molar-refractivity contribution in [3.8, 4) is 5.75 Å². The lowest BCUT2D eigenvalue weighted by Crippen LogP contribution is -2.51. The summed E-state index contributed by atoms with van der Waals surface area (Å²) < 4.78 is 7.34. The van der Waals surface area contributed by atoms with Gasteiger partial charge in [0.2, 0.25) is 0 Å². The summed E-state index contributed by atoms with van der Waals surface area (Å²) in [5, 5.41) is 4.18. The fraction of sp³-hybridized carbons (Fsp3) is 0.571. The fourth-order valence-corrected chi connectivity index (χ4v) is 4.81. The number of methoxy groups -OCH3 is 1. The van der Waals surface area contributed by atoms with Gasteiger partial charge in [0, 0.05) is 36.7 Å². The average molecular weight is 355 g/mol. The van der Waals surface area contributed by atoms with E-state index < -0.39 is 0 Å². The lowest BCUT2D eigenvalue weighted by atomic mass is 9.83. The van der Waals surface area contributed by atoms with Gasteiger partial charge in [0.05, 0.1) is 12.7 Å². The fourth-order valence-electron chi connectivity index (χ4n) is 4.81. The lowest BCUT2D eigenvalue weighted by Gasteiger charge is -2.44. The number of aromatic nitrogens is 1. The van der Waals surface area contributed by atoms with E-state index in [1.165, 1.54) is 45.2 Å². The third kappa shape index (κ3) is 3.20. The predicted octanol–water partition coefficient (Wildman–Crippen LogP) is 3.18. The molecule has 0 radical (unpaired) electrons. The highest BCUT2D eigenvalue weighted by atomic mass is 16.5. The van der Waals surface area contributed by atoms with Crippen LogP contribution in [0.15, 0.2) is 24.4 Å². The van der Waals surface area contributed by atoms with Crippen LogP contribution in [0.25, 0.3) is 10.9 Å². The first-order valence-electron chi connectivity index (χ1n) is 9.82. The Bertz CT molecular complexity index is 796. The molecule has 2 aliphatic rings. The normalized spacial score (nSPS) is 23.6. The van der Waals surface area contributed by atoms with Gasteiger partial charge in [0.1, 0.15) is 5.75 Å². The number of aryl methyl sites for hydroxylation is 1. The Balaban J connectivity index is 1.49. The van der Waals surface area contributed by atoms with Crippen molar-refractivity contribution in [2.45, 2.75) is 38.1 Å². The summed E-state index contributed by atoms with van der Waals surface area (Å²) in [6.45, 7) is 3.25. The molecule has 1 aromatic carbocycles. The van der Waals surface area contributed by atoms with Crippen LogP contribution in [-0.2, 0) is 7.05 Å². The number of carbonyl (C=O) groups excluding carboxylic acids is 1. The average Bonchev–Trinajstić information content (AvgIpc) is 3.02. The Morgan fingerprint density at radius 3 is 2.92 bits per heavy atom. The summed E-state index contributed by atoms with van der Waals surface area (Å²) in [4.78, 5) is 15.5. The second-order valence-electron chi connectivity index (χ2n) is 7.75. The van der Waals surface area contributed by atoms with Gasteiger partial charge in [-0.05, 0) is 62.9 Å². The predicted molar refractivity (Wildman–Crippen MR) is 104 cm³/mol. The number of hydrogen-bond acceptors (Lipinski definition) is 3. The zero-order valence-electron chi connectivity index (χ0n) is 15.8. The molecule has 1 N–H and O–H groups in total. The molecule has 0 unspecified atom stereocenters. The Morgan fingerprint density at radius 2 is 2.08 bits per heavy atom. The zero-order valence-corrected chi connectivity index (χ0v) is 15.8. The molecule has 3 heterocycles. The SMILES string of the molecule is COc1ccc2c(c1)c(C(=O)NC[C@@H]1CCCN3CCCC[C@H]13)cn2C. The highest BCUT2D eigenvalue weighted by Gasteiger charge is 2.33. The number of hydrogen-bond donors (Lipinski definition) is 1. The van der Waals surface area contributed by atoms with Gasteiger partial charge in [0.15, 0.2) is 0 Å². The van der Waals surface area contributed by atoms with Gasteiger partial charge in [-0.25, -0.2) is 0 Å². The van der Waals surface area contributed by atoms with E-state index in [4.69, 9.17) is 4.74 Å². The monoisotopic (exact) mass is 355 g/mol. The third-order valence-corrected chi connectivity index (χ3v) is 6.19. The van der Waals surface area contributed by atoms with Crippen LogP contribution in [0.1, 0.15) is 42.5 Å². The number of piperidine rings is 2. The van der Waals surface area contributed by atoms with Gasteiger partial charge >= 0.3 is 0 Å². The van der Waals surface area contributed by atoms with E-state index in [-0.39, 0.29) is 5.91 Å². The molecule has 0 aliphatic carbocycles. The first-order chi connectivity index (χ1) is 12.7. The molecule has 5 nitrogen and oxygen atoms in total. The van der Waals surface area contributed by atoms with Gasteiger partial charge in [0.25, 0.3) is 5.91 Å². The molecular formula is C21H29N3O2. The molecule has 1 aromatic heterocycles. The second kappa shape index (κ2) is 7.31. The molecule has 2 aliphatic heterocycles. The van der Waals surface area contributed by atoms with Crippen LogP contribution in [0.2, 0.25) is 0 Å². The molecule has 0 spiro atoms. The Morgan fingerprint density at radius 1 is 1.23 bits per heavy atom. The van der Waals surface area contributed by atoms with E-state index in [1.807, 2.05) is 36.0 Å². The van der Waals surface area contributed by atoms with Crippen LogP contribution >= 0.6 is 0 Å². The van der Waals surface area contributed by atoms with E-state index in [9.17, 15) is 4.79 Å². The van der Waals surface area contributed by atoms with Crippen LogP contribution in [0.5, 0.6) is 5.75 Å². The number of ether oxygens (including phenoxy) is 1. The molecule has 140 valence electrons. The maximum absolute atomic E-state index is 12.9. The standard InChI is InChI=1S/C21H29N3O2/c1-23-14-18(17-12-16(26-2)8-9-20(17)23)21(25)22-13-15-6-5-11-24-10-4-3-7-19(15)24/h8-9,12,14-15,19H,3-7,10-11,13H2,1-2H3,(H,22,25)/t15-,19+/m0/s1. The maximum atomic E-state index is 12.9. The van der Waals surface area contributed by atoms with E-state index in [2.05, 4.69) is 10.2 Å². The second-order valence-corrected chi connectivity index (χ2v) is 7.75. The van der Waals surface area contributed by atoms with E-state index in [0.29, 0.717) is 12.0 Å². The number of carbonyl (C=O) groups is 1. The summed E-state index contributed by atoms with van der Waals surface area (Å²) in [5.74, 6) is 1.39. The zero-order chi connectivity index (χ0) is 18.1. The van der Waals surface area contributed by atoms with Crippen LogP contribution in [0, 0.1) is 5.92 Å². The van der Waals surface area contributed by atoms with Crippen molar-refractivity contribution in [1.82, 2.24) is 14.8 Å². The molecule has 2 atom stereocenters. The number of amides is 1. The van der Waals surface area contributed by atoms with E-state index in [0.717, 1.165) is 28.8 Å². The van der Waals surface area contributed by atoms with E-state index in [1.54, 1.807) is 7.11 Å². The highest BCUT2D eigenvalue weighted by molar-refractivity contribution is 6.07. The quantitative estimate of drug-likeness (QED) is 0.916. The first kappa shape index (κ1) is 17.4. The van der Waals surface area contributed by atoms with Crippen molar-refractivity contribution in [2.75, 3.05) is 26.7 Å². The van der Waals surface area contributed by atoms with Crippen LogP contribution in [0.4, 0.5) is 0 Å². The van der Waals surface area contributed by atoms with Crippen molar-refractivity contribution in [1.29, 1.82) is 0 Å². The topological polar surface area (TPSA) is 46.5 Å². The maximum Gasteiger partial charge on any atom is 0.253 e. The smallest absolute Gasteiger partial charge is 0.253 e. The highest BCUT2D eigenvalue weighted by Crippen LogP contribution is 2.31. The van der Waals surface area contributed by atoms with Gasteiger partial charge in [-0.3, -0.25) is 4.79 Å². The molecule has 4 rings (SSSR count). The molecule has 0 saturated carbocycles. The minimum atomic E-state index is 0.0248. The van der Waals surface area contributed by atoms with Gasteiger partial charge in [-0.1, -0.05) is 6.42 Å². The van der Waals surface area contributed by atoms with Crippen LogP contribution in [0.3, 0.4) is 0 Å². The van der Waals surface area contributed by atoms with Gasteiger partial charge in [-0.15, -0.1) is 0 Å². The molecule has 2 aromatic rings. The Hall–Kier alpha value is -2.01. The van der Waals surface area contributed by atoms with Crippen molar-refractivity contribution in [2.24, 2.45) is 13.0 Å². The molecule has 5 heteroatoms. The Labute approximate surface area is 155 Å². The summed E-state index contributed by atoms with van der Waals surface area (Å²) in [6.07, 6.45) is 8.34. The molecule has 1 amide bonds. The summed E-state index contributed by atoms with van der Waals surface area (Å²) in [6, 6.07) is 6.55. The molecule has 26 heavy (non-hydrogen) atoms.